The van der Waals surface area contributed by atoms with E-state index in [-0.39, 0.29) is 11.5 Å². The molecule has 0 radical (unpaired) electrons. The molecule has 2 aliphatic rings. The van der Waals surface area contributed by atoms with Gasteiger partial charge in [-0.25, -0.2) is 0 Å². The van der Waals surface area contributed by atoms with Gasteiger partial charge in [-0.15, -0.1) is 0 Å². The summed E-state index contributed by atoms with van der Waals surface area (Å²) in [5.41, 5.74) is 4.80. The minimum atomic E-state index is -0.230. The van der Waals surface area contributed by atoms with Gasteiger partial charge >= 0.3 is 0 Å². The van der Waals surface area contributed by atoms with Gasteiger partial charge in [0.25, 0.3) is 0 Å². The molecule has 0 fully saturated rings. The van der Waals surface area contributed by atoms with Gasteiger partial charge < -0.3 is 9.84 Å². The topological polar surface area (TPSA) is 32.7 Å². The van der Waals surface area contributed by atoms with Crippen molar-refractivity contribution in [2.75, 3.05) is 13.1 Å². The molecule has 178 valence electrons. The van der Waals surface area contributed by atoms with Gasteiger partial charge in [-0.3, -0.25) is 4.90 Å². The van der Waals surface area contributed by atoms with Crippen molar-refractivity contribution < 1.29 is 9.84 Å². The van der Waals surface area contributed by atoms with E-state index < -0.39 is 0 Å². The van der Waals surface area contributed by atoms with Crippen LogP contribution >= 0.6 is 0 Å². The molecule has 0 saturated carbocycles. The lowest BCUT2D eigenvalue weighted by Gasteiger charge is -2.40. The number of phenols is 1. The summed E-state index contributed by atoms with van der Waals surface area (Å²) in [6.07, 6.45) is 11.7. The largest absolute Gasteiger partial charge is 0.507 e. The second-order valence-corrected chi connectivity index (χ2v) is 10.6. The number of fused-ring (bicyclic) bond motifs is 1. The molecule has 33 heavy (non-hydrogen) atoms. The molecule has 2 aromatic carbocycles. The van der Waals surface area contributed by atoms with Crippen LogP contribution in [0.5, 0.6) is 11.5 Å². The highest BCUT2D eigenvalue weighted by Crippen LogP contribution is 2.49. The summed E-state index contributed by atoms with van der Waals surface area (Å²) in [4.78, 5) is 2.51. The summed E-state index contributed by atoms with van der Waals surface area (Å²) in [5.74, 6) is 1.55. The van der Waals surface area contributed by atoms with E-state index in [0.717, 1.165) is 50.2 Å². The first kappa shape index (κ1) is 23.9. The van der Waals surface area contributed by atoms with Gasteiger partial charge in [0.15, 0.2) is 0 Å². The zero-order chi connectivity index (χ0) is 23.3. The van der Waals surface area contributed by atoms with Crippen LogP contribution in [0, 0.1) is 0 Å². The molecular formula is C30H41NO2. The number of aromatic hydroxyl groups is 1. The zero-order valence-corrected chi connectivity index (χ0v) is 20.8. The van der Waals surface area contributed by atoms with Gasteiger partial charge in [0.05, 0.1) is 0 Å². The third kappa shape index (κ3) is 6.20. The molecule has 0 amide bonds. The highest BCUT2D eigenvalue weighted by molar-refractivity contribution is 5.54. The zero-order valence-electron chi connectivity index (χ0n) is 20.8. The van der Waals surface area contributed by atoms with Crippen molar-refractivity contribution in [1.29, 1.82) is 0 Å². The lowest BCUT2D eigenvalue weighted by atomic mass is 9.77. The fourth-order valence-corrected chi connectivity index (χ4v) is 5.46. The fraction of sp³-hybridized carbons (Fsp3) is 0.533. The molecule has 1 N–H and O–H groups in total. The average Bonchev–Trinajstić information content (AvgIpc) is 2.79. The minimum absolute atomic E-state index is 0.230. The number of benzene rings is 2. The van der Waals surface area contributed by atoms with E-state index in [2.05, 4.69) is 68.1 Å². The lowest BCUT2D eigenvalue weighted by molar-refractivity contribution is 0.0745. The molecule has 0 aromatic heterocycles. The van der Waals surface area contributed by atoms with Crippen molar-refractivity contribution >= 4 is 0 Å². The summed E-state index contributed by atoms with van der Waals surface area (Å²) in [7, 11) is 0. The van der Waals surface area contributed by atoms with E-state index in [1.165, 1.54) is 48.8 Å². The number of hydrogen-bond donors (Lipinski definition) is 1. The maximum Gasteiger partial charge on any atom is 0.127 e. The van der Waals surface area contributed by atoms with Gasteiger partial charge in [-0.1, -0.05) is 74.6 Å². The van der Waals surface area contributed by atoms with Crippen molar-refractivity contribution in [3.63, 3.8) is 0 Å². The summed E-state index contributed by atoms with van der Waals surface area (Å²) in [6.45, 7) is 9.64. The molecule has 0 saturated heterocycles. The highest BCUT2D eigenvalue weighted by atomic mass is 16.5. The highest BCUT2D eigenvalue weighted by Gasteiger charge is 2.38. The number of hydrogen-bond acceptors (Lipinski definition) is 3. The first-order chi connectivity index (χ1) is 15.9. The minimum Gasteiger partial charge on any atom is -0.507 e. The Labute approximate surface area is 200 Å². The van der Waals surface area contributed by atoms with Crippen LogP contribution in [0.3, 0.4) is 0 Å². The average molecular weight is 448 g/mol. The monoisotopic (exact) mass is 447 g/mol. The van der Waals surface area contributed by atoms with Crippen LogP contribution in [0.1, 0.15) is 88.3 Å². The number of nitrogens with zero attached hydrogens (tertiary/aromatic N) is 1. The van der Waals surface area contributed by atoms with Crippen molar-refractivity contribution in [2.45, 2.75) is 90.2 Å². The van der Waals surface area contributed by atoms with Gasteiger partial charge in [-0.05, 0) is 62.8 Å². The van der Waals surface area contributed by atoms with Crippen LogP contribution < -0.4 is 4.74 Å². The third-order valence-electron chi connectivity index (χ3n) is 7.20. The molecule has 3 nitrogen and oxygen atoms in total. The Balaban J connectivity index is 1.48. The second-order valence-electron chi connectivity index (χ2n) is 10.6. The molecule has 0 spiro atoms. The first-order valence-electron chi connectivity index (χ1n) is 12.9. The normalized spacial score (nSPS) is 20.1. The standard InChI is InChI=1S/C30H41NO2/c1-4-5-6-7-9-14-24-19-27(32)29-26(21-30(2,3)33-28(29)20-24)25-15-17-31(18-16-25)22-23-12-10-8-11-13-23/h8,10-13,15,19-20,26,32H,4-7,9,14,16-18,21-22H2,1-3H3. The van der Waals surface area contributed by atoms with E-state index in [1.54, 1.807) is 0 Å². The van der Waals surface area contributed by atoms with Gasteiger partial charge in [0, 0.05) is 31.1 Å². The summed E-state index contributed by atoms with van der Waals surface area (Å²) < 4.78 is 6.41. The molecule has 2 aromatic rings. The van der Waals surface area contributed by atoms with Crippen molar-refractivity contribution in [1.82, 2.24) is 4.90 Å². The number of ether oxygens (including phenoxy) is 1. The molecule has 0 bridgehead atoms. The Morgan fingerprint density at radius 3 is 2.55 bits per heavy atom. The van der Waals surface area contributed by atoms with Crippen LogP contribution in [0.15, 0.2) is 54.1 Å². The maximum atomic E-state index is 11.1. The van der Waals surface area contributed by atoms with Gasteiger partial charge in [-0.2, -0.15) is 0 Å². The Bertz CT molecular complexity index is 947. The Hall–Kier alpha value is -2.26. The summed E-state index contributed by atoms with van der Waals surface area (Å²) in [6, 6.07) is 14.9. The smallest absolute Gasteiger partial charge is 0.127 e. The maximum absolute atomic E-state index is 11.1. The molecule has 2 aliphatic heterocycles. The van der Waals surface area contributed by atoms with E-state index in [1.807, 2.05) is 6.07 Å². The number of aryl methyl sites for hydroxylation is 1. The Kier molecular flexibility index (Phi) is 7.80. The molecule has 4 rings (SSSR count). The number of unbranched alkanes of at least 4 members (excludes halogenated alkanes) is 4. The number of phenolic OH excluding ortho intramolecular Hbond substituents is 1. The molecular weight excluding hydrogens is 406 g/mol. The van der Waals surface area contributed by atoms with E-state index in [0.29, 0.717) is 5.75 Å². The molecule has 3 heteroatoms. The van der Waals surface area contributed by atoms with Crippen LogP contribution in [0.4, 0.5) is 0 Å². The fourth-order valence-electron chi connectivity index (χ4n) is 5.46. The van der Waals surface area contributed by atoms with Crippen LogP contribution in [-0.2, 0) is 13.0 Å². The van der Waals surface area contributed by atoms with Crippen molar-refractivity contribution in [2.24, 2.45) is 0 Å². The number of rotatable bonds is 9. The Morgan fingerprint density at radius 2 is 1.82 bits per heavy atom. The van der Waals surface area contributed by atoms with Gasteiger partial charge in [0.2, 0.25) is 0 Å². The van der Waals surface area contributed by atoms with Crippen molar-refractivity contribution in [3.05, 3.63) is 70.8 Å². The van der Waals surface area contributed by atoms with Crippen molar-refractivity contribution in [3.8, 4) is 11.5 Å². The second kappa shape index (κ2) is 10.8. The molecule has 0 aliphatic carbocycles. The molecule has 2 heterocycles. The summed E-state index contributed by atoms with van der Waals surface area (Å²) in [5, 5.41) is 11.1. The first-order valence-corrected chi connectivity index (χ1v) is 12.9. The quantitative estimate of drug-likeness (QED) is 0.321. The van der Waals surface area contributed by atoms with Crippen LogP contribution in [0.2, 0.25) is 0 Å². The predicted octanol–water partition coefficient (Wildman–Crippen LogP) is 7.38. The summed E-state index contributed by atoms with van der Waals surface area (Å²) >= 11 is 0. The predicted molar refractivity (Wildman–Crippen MR) is 137 cm³/mol. The lowest BCUT2D eigenvalue weighted by Crippen LogP contribution is -2.37. The van der Waals surface area contributed by atoms with E-state index in [9.17, 15) is 5.11 Å². The van der Waals surface area contributed by atoms with E-state index in [4.69, 9.17) is 4.74 Å². The van der Waals surface area contributed by atoms with Gasteiger partial charge in [0.1, 0.15) is 17.1 Å². The van der Waals surface area contributed by atoms with Crippen LogP contribution in [0.25, 0.3) is 0 Å². The molecule has 1 unspecified atom stereocenters. The third-order valence-corrected chi connectivity index (χ3v) is 7.20. The SMILES string of the molecule is CCCCCCCc1cc(O)c2c(c1)OC(C)(C)CC2C1=CCN(Cc2ccccc2)CC1. The van der Waals surface area contributed by atoms with E-state index >= 15 is 0 Å². The molecule has 1 atom stereocenters. The van der Waals surface area contributed by atoms with Crippen LogP contribution in [-0.4, -0.2) is 28.7 Å². The Morgan fingerprint density at radius 1 is 1.03 bits per heavy atom.